The quantitative estimate of drug-likeness (QED) is 0.408. The van der Waals surface area contributed by atoms with E-state index in [4.69, 9.17) is 4.74 Å². The van der Waals surface area contributed by atoms with Gasteiger partial charge in [-0.25, -0.2) is 4.79 Å². The Morgan fingerprint density at radius 3 is 2.12 bits per heavy atom. The lowest BCUT2D eigenvalue weighted by molar-refractivity contribution is -0.138. The van der Waals surface area contributed by atoms with Crippen molar-refractivity contribution in [2.75, 3.05) is 6.61 Å². The zero-order chi connectivity index (χ0) is 12.8. The molecule has 0 aromatic carbocycles. The number of rotatable bonds is 6. The van der Waals surface area contributed by atoms with E-state index in [1.807, 2.05) is 5.70 Å². The minimum atomic E-state index is -1.46. The van der Waals surface area contributed by atoms with Crippen LogP contribution in [0, 0.1) is 0 Å². The summed E-state index contributed by atoms with van der Waals surface area (Å²) in [6.07, 6.45) is 0.910. The summed E-state index contributed by atoms with van der Waals surface area (Å²) >= 11 is 0. The van der Waals surface area contributed by atoms with Crippen LogP contribution >= 0.6 is 0 Å². The molecule has 0 spiro atoms. The highest BCUT2D eigenvalue weighted by Crippen LogP contribution is 2.14. The van der Waals surface area contributed by atoms with Crippen molar-refractivity contribution in [2.24, 2.45) is 0 Å². The first kappa shape index (κ1) is 15.1. The molecule has 0 atom stereocenters. The molecule has 0 aliphatic heterocycles. The van der Waals surface area contributed by atoms with Gasteiger partial charge in [0.15, 0.2) is 0 Å². The average Bonchev–Trinajstić information content (AvgIpc) is 2.10. The van der Waals surface area contributed by atoms with E-state index in [1.165, 1.54) is 6.92 Å². The van der Waals surface area contributed by atoms with E-state index in [0.717, 1.165) is 0 Å². The fraction of sp³-hybridized carbons (Fsp3) is 0.667. The minimum absolute atomic E-state index is 0.103. The molecule has 92 valence electrons. The highest BCUT2D eigenvalue weighted by molar-refractivity contribution is 6.81. The second-order valence-corrected chi connectivity index (χ2v) is 9.98. The van der Waals surface area contributed by atoms with E-state index >= 15 is 0 Å². The van der Waals surface area contributed by atoms with Gasteiger partial charge in [-0.1, -0.05) is 25.3 Å². The van der Waals surface area contributed by atoms with Crippen molar-refractivity contribution in [3.8, 4) is 0 Å². The van der Waals surface area contributed by atoms with E-state index in [-0.39, 0.29) is 11.8 Å². The van der Waals surface area contributed by atoms with Crippen LogP contribution < -0.4 is 0 Å². The Kier molecular flexibility index (Phi) is 6.26. The van der Waals surface area contributed by atoms with Crippen molar-refractivity contribution in [1.29, 1.82) is 0 Å². The topological polar surface area (TPSA) is 43.4 Å². The molecule has 0 radical (unpaired) electrons. The predicted molar refractivity (Wildman–Crippen MR) is 68.0 cm³/mol. The van der Waals surface area contributed by atoms with Gasteiger partial charge in [0.2, 0.25) is 0 Å². The molecule has 0 fully saturated rings. The molecule has 0 aliphatic carbocycles. The predicted octanol–water partition coefficient (Wildman–Crippen LogP) is 2.72. The monoisotopic (exact) mass is 242 g/mol. The van der Waals surface area contributed by atoms with Gasteiger partial charge in [-0.05, 0) is 20.3 Å². The summed E-state index contributed by atoms with van der Waals surface area (Å²) in [5.41, 5.74) is 2.68. The average molecular weight is 242 g/mol. The Bertz CT molecular complexity index is 287. The van der Waals surface area contributed by atoms with Gasteiger partial charge in [-0.2, -0.15) is 0 Å². The Hall–Kier alpha value is -0.903. The summed E-state index contributed by atoms with van der Waals surface area (Å²) in [7, 11) is -1.46. The second kappa shape index (κ2) is 6.63. The molecule has 0 aromatic heterocycles. The Morgan fingerprint density at radius 1 is 1.19 bits per heavy atom. The fourth-order valence-corrected chi connectivity index (χ4v) is 2.60. The fourth-order valence-electron chi connectivity index (χ4n) is 1.29. The van der Waals surface area contributed by atoms with Crippen LogP contribution in [0.25, 0.3) is 0 Å². The van der Waals surface area contributed by atoms with Crippen LogP contribution in [0.1, 0.15) is 26.7 Å². The maximum Gasteiger partial charge on any atom is 0.333 e. The maximum absolute atomic E-state index is 11.7. The smallest absolute Gasteiger partial charge is 0.333 e. The Morgan fingerprint density at radius 2 is 1.75 bits per heavy atom. The second-order valence-electron chi connectivity index (χ2n) is 4.96. The van der Waals surface area contributed by atoms with Crippen molar-refractivity contribution in [3.63, 3.8) is 0 Å². The number of hydrogen-bond acceptors (Lipinski definition) is 3. The van der Waals surface area contributed by atoms with Crippen LogP contribution in [0.5, 0.6) is 0 Å². The standard InChI is InChI=1S/C12H22O3Si/c1-6-15-12(14)11(8-7-10(2)13)9-16(3,4)5/h9H,6-8H2,1-5H3/b11-9-. The number of hydrogen-bond donors (Lipinski definition) is 0. The Balaban J connectivity index is 4.70. The first-order valence-corrected chi connectivity index (χ1v) is 9.22. The minimum Gasteiger partial charge on any atom is -0.463 e. The zero-order valence-corrected chi connectivity index (χ0v) is 11.9. The third-order valence-electron chi connectivity index (χ3n) is 1.89. The largest absolute Gasteiger partial charge is 0.463 e. The number of carbonyl (C=O) groups excluding carboxylic acids is 2. The van der Waals surface area contributed by atoms with Crippen molar-refractivity contribution in [1.82, 2.24) is 0 Å². The normalized spacial score (nSPS) is 12.4. The maximum atomic E-state index is 11.7. The Labute approximate surface area is 98.9 Å². The van der Waals surface area contributed by atoms with Crippen LogP contribution in [0.3, 0.4) is 0 Å². The van der Waals surface area contributed by atoms with Gasteiger partial charge in [-0.15, -0.1) is 0 Å². The summed E-state index contributed by atoms with van der Waals surface area (Å²) in [6, 6.07) is 0. The molecule has 0 bridgehead atoms. The molecular formula is C12H22O3Si. The van der Waals surface area contributed by atoms with Crippen LogP contribution in [0.15, 0.2) is 11.3 Å². The molecule has 0 amide bonds. The van der Waals surface area contributed by atoms with Crippen LogP contribution in [-0.2, 0) is 14.3 Å². The third kappa shape index (κ3) is 7.40. The van der Waals surface area contributed by atoms with E-state index in [2.05, 4.69) is 19.6 Å². The summed E-state index contributed by atoms with van der Waals surface area (Å²) in [5.74, 6) is -0.169. The molecule has 16 heavy (non-hydrogen) atoms. The molecule has 0 N–H and O–H groups in total. The summed E-state index contributed by atoms with van der Waals surface area (Å²) in [4.78, 5) is 22.6. The molecule has 0 aliphatic rings. The SMILES string of the molecule is CCOC(=O)/C(=C\[Si](C)(C)C)CCC(C)=O. The summed E-state index contributed by atoms with van der Waals surface area (Å²) in [5, 5.41) is 0. The number of esters is 1. The first-order valence-electron chi connectivity index (χ1n) is 5.64. The molecule has 0 saturated heterocycles. The number of Topliss-reactive ketones (excluding diaryl/α,β-unsaturated/α-hetero) is 1. The highest BCUT2D eigenvalue weighted by atomic mass is 28.3. The van der Waals surface area contributed by atoms with Gasteiger partial charge in [0, 0.05) is 12.0 Å². The van der Waals surface area contributed by atoms with Gasteiger partial charge in [-0.3, -0.25) is 0 Å². The lowest BCUT2D eigenvalue weighted by Gasteiger charge is -2.13. The van der Waals surface area contributed by atoms with Crippen molar-refractivity contribution in [2.45, 2.75) is 46.3 Å². The molecular weight excluding hydrogens is 220 g/mol. The highest BCUT2D eigenvalue weighted by Gasteiger charge is 2.17. The van der Waals surface area contributed by atoms with Crippen LogP contribution in [0.4, 0.5) is 0 Å². The van der Waals surface area contributed by atoms with E-state index in [0.29, 0.717) is 25.0 Å². The lowest BCUT2D eigenvalue weighted by Crippen LogP contribution is -2.20. The number of ketones is 1. The molecule has 0 heterocycles. The van der Waals surface area contributed by atoms with Gasteiger partial charge in [0.1, 0.15) is 5.78 Å². The zero-order valence-electron chi connectivity index (χ0n) is 10.9. The molecule has 0 saturated carbocycles. The molecule has 0 rings (SSSR count). The summed E-state index contributed by atoms with van der Waals surface area (Å²) in [6.45, 7) is 10.2. The lowest BCUT2D eigenvalue weighted by atomic mass is 10.1. The van der Waals surface area contributed by atoms with E-state index < -0.39 is 8.07 Å². The summed E-state index contributed by atoms with van der Waals surface area (Å²) < 4.78 is 4.99. The van der Waals surface area contributed by atoms with E-state index in [1.54, 1.807) is 6.92 Å². The van der Waals surface area contributed by atoms with Crippen molar-refractivity contribution >= 4 is 19.8 Å². The molecule has 0 aromatic rings. The van der Waals surface area contributed by atoms with Crippen molar-refractivity contribution < 1.29 is 14.3 Å². The van der Waals surface area contributed by atoms with Crippen molar-refractivity contribution in [3.05, 3.63) is 11.3 Å². The molecule has 4 heteroatoms. The first-order chi connectivity index (χ1) is 7.26. The van der Waals surface area contributed by atoms with Crippen LogP contribution in [-0.4, -0.2) is 26.4 Å². The third-order valence-corrected chi connectivity index (χ3v) is 3.11. The molecule has 3 nitrogen and oxygen atoms in total. The van der Waals surface area contributed by atoms with E-state index in [9.17, 15) is 9.59 Å². The number of ether oxygens (including phenoxy) is 1. The van der Waals surface area contributed by atoms with Crippen LogP contribution in [0.2, 0.25) is 19.6 Å². The van der Waals surface area contributed by atoms with Gasteiger partial charge < -0.3 is 9.53 Å². The molecule has 0 unspecified atom stereocenters. The van der Waals surface area contributed by atoms with Gasteiger partial charge >= 0.3 is 5.97 Å². The van der Waals surface area contributed by atoms with Gasteiger partial charge in [0.05, 0.1) is 14.7 Å². The van der Waals surface area contributed by atoms with Gasteiger partial charge in [0.25, 0.3) is 0 Å². The number of carbonyl (C=O) groups is 2.